The van der Waals surface area contributed by atoms with Crippen LogP contribution in [0.15, 0.2) is 49.3 Å². The normalized spacial score (nSPS) is 28.4. The molecule has 7 aromatic rings. The molecule has 466 valence electrons. The first-order valence-corrected chi connectivity index (χ1v) is 28.7. The number of para-hydroxylation sites is 1. The zero-order valence-corrected chi connectivity index (χ0v) is 50.3. The van der Waals surface area contributed by atoms with Crippen molar-refractivity contribution >= 4 is 88.3 Å². The van der Waals surface area contributed by atoms with Gasteiger partial charge in [-0.05, 0) is 60.1 Å². The maximum absolute atomic E-state index is 16.0. The van der Waals surface area contributed by atoms with E-state index in [1.165, 1.54) is 48.9 Å². The van der Waals surface area contributed by atoms with Gasteiger partial charge in [-0.1, -0.05) is 43.6 Å². The van der Waals surface area contributed by atoms with Crippen LogP contribution < -0.4 is 36.6 Å². The molecule has 6 aromatic heterocycles. The Balaban J connectivity index is 0.000000199. The summed E-state index contributed by atoms with van der Waals surface area (Å²) in [4.78, 5) is 53.0. The average Bonchev–Trinajstić information content (AvgIpc) is 1.81. The van der Waals surface area contributed by atoms with Crippen molar-refractivity contribution in [3.8, 4) is 5.75 Å². The second-order valence-electron chi connectivity index (χ2n) is 21.8. The molecule has 3 aliphatic heterocycles. The van der Waals surface area contributed by atoms with E-state index in [1.807, 2.05) is 13.8 Å². The molecular weight excluding hydrogens is 1160 g/mol. The number of imidazole rings is 3. The SMILES string of the molecule is CC(C)OC(=O)[C@H](C)NP(=O)(OC[C@H]1O[C@@H](n2cnc3c(N(C)C)nc(N)nc32)[C@](C)(F)[C@@H]1O)Oc1ccccc1.CC[C@H]1O[C@@H](n2cnc3c(Cl)nc(N)nc32)[C@](C)(F)[C@@H]1C.CN(C)c1nc(N)nc2c1ncn2[C@@H]1O[C@H](CO)[C@@H](O)[C@@]1(C)F.[HH]. The van der Waals surface area contributed by atoms with Crippen LogP contribution in [-0.4, -0.2) is 181 Å². The van der Waals surface area contributed by atoms with Gasteiger partial charge in [-0.2, -0.15) is 35.0 Å². The highest BCUT2D eigenvalue weighted by Crippen LogP contribution is 2.50. The Bertz CT molecular complexity index is 3550. The topological polar surface area (TPSA) is 378 Å². The monoisotopic (exact) mass is 1240 g/mol. The summed E-state index contributed by atoms with van der Waals surface area (Å²) in [6.07, 6.45) is -4.59. The maximum atomic E-state index is 16.0. The number of nitrogens with two attached hydrogens (primary N) is 3. The first-order chi connectivity index (χ1) is 39.8. The number of carbonyl (C=O) groups is 1. The second-order valence-corrected chi connectivity index (χ2v) is 23.8. The number of alkyl halides is 3. The first kappa shape index (κ1) is 64.1. The molecule has 3 aliphatic rings. The number of esters is 1. The molecule has 14 atom stereocenters. The van der Waals surface area contributed by atoms with Crippen molar-refractivity contribution in [2.45, 2.75) is 140 Å². The molecule has 0 aliphatic carbocycles. The molecular formula is C51H73ClF3N18O11P. The maximum Gasteiger partial charge on any atom is 0.459 e. The second kappa shape index (κ2) is 24.8. The number of hydrogen-bond acceptors (Lipinski definition) is 25. The van der Waals surface area contributed by atoms with Crippen molar-refractivity contribution in [2.24, 2.45) is 5.92 Å². The van der Waals surface area contributed by atoms with Gasteiger partial charge in [0.25, 0.3) is 0 Å². The van der Waals surface area contributed by atoms with Crippen molar-refractivity contribution in [1.82, 2.24) is 63.6 Å². The Hall–Kier alpha value is -6.87. The van der Waals surface area contributed by atoms with Gasteiger partial charge >= 0.3 is 13.7 Å². The summed E-state index contributed by atoms with van der Waals surface area (Å²) in [6, 6.07) is 7.06. The molecule has 0 spiro atoms. The molecule has 10 N–H and O–H groups in total. The number of nitrogen functional groups attached to an aromatic ring is 3. The van der Waals surface area contributed by atoms with E-state index in [4.69, 9.17) is 56.8 Å². The number of hydrogen-bond donors (Lipinski definition) is 7. The molecule has 9 heterocycles. The van der Waals surface area contributed by atoms with Crippen molar-refractivity contribution in [3.05, 3.63) is 54.5 Å². The summed E-state index contributed by atoms with van der Waals surface area (Å²) < 4.78 is 97.7. The van der Waals surface area contributed by atoms with Gasteiger partial charge in [0.2, 0.25) is 17.8 Å². The lowest BCUT2D eigenvalue weighted by Crippen LogP contribution is -2.41. The molecule has 1 unspecified atom stereocenters. The third-order valence-corrected chi connectivity index (χ3v) is 16.4. The Morgan fingerprint density at radius 1 is 0.741 bits per heavy atom. The van der Waals surface area contributed by atoms with Crippen LogP contribution in [0.5, 0.6) is 5.75 Å². The zero-order valence-electron chi connectivity index (χ0n) is 48.7. The molecule has 10 rings (SSSR count). The summed E-state index contributed by atoms with van der Waals surface area (Å²) in [6.45, 7) is 11.5. The number of aliphatic hydroxyl groups is 3. The van der Waals surface area contributed by atoms with Gasteiger partial charge < -0.3 is 65.8 Å². The van der Waals surface area contributed by atoms with Crippen LogP contribution >= 0.6 is 19.3 Å². The lowest BCUT2D eigenvalue weighted by atomic mass is 9.88. The van der Waals surface area contributed by atoms with Gasteiger partial charge in [-0.25, -0.2) is 32.7 Å². The average molecular weight is 1240 g/mol. The van der Waals surface area contributed by atoms with Gasteiger partial charge in [0.1, 0.15) is 41.7 Å². The van der Waals surface area contributed by atoms with Crippen molar-refractivity contribution < 1.29 is 67.3 Å². The number of benzene rings is 1. The fourth-order valence-electron chi connectivity index (χ4n) is 9.88. The third kappa shape index (κ3) is 12.8. The van der Waals surface area contributed by atoms with Crippen molar-refractivity contribution in [2.75, 3.05) is 68.4 Å². The molecule has 3 saturated heterocycles. The zero-order chi connectivity index (χ0) is 62.4. The number of aliphatic hydroxyl groups excluding tert-OH is 3. The van der Waals surface area contributed by atoms with Gasteiger partial charge in [0.15, 0.2) is 80.5 Å². The Kier molecular flexibility index (Phi) is 18.7. The molecule has 0 amide bonds. The van der Waals surface area contributed by atoms with Gasteiger partial charge in [-0.3, -0.25) is 23.0 Å². The van der Waals surface area contributed by atoms with E-state index in [0.29, 0.717) is 39.5 Å². The number of halogens is 4. The number of nitrogens with zero attached hydrogens (tertiary/aromatic N) is 14. The van der Waals surface area contributed by atoms with Crippen LogP contribution in [0.1, 0.15) is 81.9 Å². The highest BCUT2D eigenvalue weighted by molar-refractivity contribution is 7.52. The number of anilines is 5. The van der Waals surface area contributed by atoms with Gasteiger partial charge in [0.05, 0.1) is 44.4 Å². The fourth-order valence-corrected chi connectivity index (χ4v) is 11.6. The van der Waals surface area contributed by atoms with E-state index < -0.39 is 99.2 Å². The summed E-state index contributed by atoms with van der Waals surface area (Å²) in [5.41, 5.74) is 13.2. The molecule has 0 bridgehead atoms. The van der Waals surface area contributed by atoms with Crippen LogP contribution in [0.25, 0.3) is 33.5 Å². The minimum atomic E-state index is -4.28. The molecule has 3 fully saturated rings. The largest absolute Gasteiger partial charge is 0.462 e. The Morgan fingerprint density at radius 2 is 1.18 bits per heavy atom. The van der Waals surface area contributed by atoms with Crippen LogP contribution in [0.3, 0.4) is 0 Å². The van der Waals surface area contributed by atoms with Crippen molar-refractivity contribution in [3.63, 3.8) is 0 Å². The minimum Gasteiger partial charge on any atom is -0.462 e. The number of aromatic nitrogens is 12. The van der Waals surface area contributed by atoms with Crippen LogP contribution in [0, 0.1) is 5.92 Å². The summed E-state index contributed by atoms with van der Waals surface area (Å²) >= 11 is 6.00. The van der Waals surface area contributed by atoms with E-state index in [1.54, 1.807) is 86.7 Å². The van der Waals surface area contributed by atoms with Crippen molar-refractivity contribution in [1.29, 1.82) is 0 Å². The highest BCUT2D eigenvalue weighted by atomic mass is 35.5. The third-order valence-electron chi connectivity index (χ3n) is 14.5. The summed E-state index contributed by atoms with van der Waals surface area (Å²) in [5, 5.41) is 32.8. The van der Waals surface area contributed by atoms with Crippen LogP contribution in [0.2, 0.25) is 5.15 Å². The highest BCUT2D eigenvalue weighted by Gasteiger charge is 2.57. The number of fused-ring (bicyclic) bond motifs is 3. The molecule has 29 nitrogen and oxygen atoms in total. The number of rotatable bonds is 16. The molecule has 0 radical (unpaired) electrons. The van der Waals surface area contributed by atoms with E-state index >= 15 is 8.78 Å². The van der Waals surface area contributed by atoms with E-state index in [0.717, 1.165) is 13.3 Å². The number of ether oxygens (including phenoxy) is 4. The smallest absolute Gasteiger partial charge is 0.459 e. The number of nitrogens with one attached hydrogen (secondary N) is 1. The van der Waals surface area contributed by atoms with E-state index in [9.17, 15) is 29.1 Å². The Labute approximate surface area is 492 Å². The van der Waals surface area contributed by atoms with Gasteiger partial charge in [0, 0.05) is 35.5 Å². The predicted molar refractivity (Wildman–Crippen MR) is 308 cm³/mol. The minimum absolute atomic E-state index is 0. The first-order valence-electron chi connectivity index (χ1n) is 26.8. The molecule has 85 heavy (non-hydrogen) atoms. The lowest BCUT2D eigenvalue weighted by molar-refractivity contribution is -0.149. The molecule has 34 heteroatoms. The standard InChI is InChI=1S/C25H35FN7O7P.C13H17ClFN5O.C13H19FN6O3.H2/c1-14(2)38-22(35)15(3)31-41(36,40-16-10-8-7-9-11-16)37-12-17-19(34)25(4,26)23(39-17)33-13-28-18-20(32(5)6)29-24(27)30-21(18)33;1-4-7-6(2)13(3,15)11(21-7)20-5-17-8-9(14)18-12(16)19-10(8)20;1-13(14)8(22)6(4-21)23-11(13)20-5-16-7-9(19(2)3)17-12(15)18-10(7)20;/h7-11,13-15,17,19,23,34H,12H2,1-6H3,(H,31,36)(H2,27,29,30);5-7,11H,4H2,1-3H3,(H2,16,18,19);5-6,8,11,21-22H,4H2,1-3H3,(H2,15,17,18);1H/t15-,17+,19+,23+,25+,41?;6-,7-,11-,13-;6-,8-,11-,13-;/m011./s1. The number of carbonyl (C=O) groups excluding carboxylic acids is 1. The Morgan fingerprint density at radius 3 is 1.62 bits per heavy atom. The summed E-state index contributed by atoms with van der Waals surface area (Å²) in [7, 11) is 2.76. The lowest BCUT2D eigenvalue weighted by Gasteiger charge is -2.25. The van der Waals surface area contributed by atoms with E-state index in [2.05, 4.69) is 49.9 Å². The summed E-state index contributed by atoms with van der Waals surface area (Å²) in [5.74, 6) is 0.155. The molecule has 0 saturated carbocycles. The van der Waals surface area contributed by atoms with Crippen LogP contribution in [-0.2, 0) is 32.8 Å². The van der Waals surface area contributed by atoms with Crippen LogP contribution in [0.4, 0.5) is 42.7 Å². The molecule has 1 aromatic carbocycles. The predicted octanol–water partition coefficient (Wildman–Crippen LogP) is 5.03. The quantitative estimate of drug-likeness (QED) is 0.0379. The van der Waals surface area contributed by atoms with E-state index in [-0.39, 0.29) is 47.8 Å². The van der Waals surface area contributed by atoms with Gasteiger partial charge in [-0.15, -0.1) is 0 Å². The fraction of sp³-hybridized carbons (Fsp3) is 0.569.